The van der Waals surface area contributed by atoms with Crippen LogP contribution in [-0.4, -0.2) is 34.7 Å². The summed E-state index contributed by atoms with van der Waals surface area (Å²) in [6, 6.07) is 13.7. The molecule has 0 radical (unpaired) electrons. The summed E-state index contributed by atoms with van der Waals surface area (Å²) in [5.74, 6) is 0.924. The van der Waals surface area contributed by atoms with Crippen molar-refractivity contribution in [3.63, 3.8) is 0 Å². The molecule has 3 aromatic heterocycles. The van der Waals surface area contributed by atoms with Gasteiger partial charge in [-0.15, -0.1) is 34.0 Å². The molecule has 2 amide bonds. The highest BCUT2D eigenvalue weighted by Gasteiger charge is 2.50. The van der Waals surface area contributed by atoms with E-state index >= 15 is 9.59 Å². The summed E-state index contributed by atoms with van der Waals surface area (Å²) < 4.78 is 0. The molecular formula is C76H128N2O2S3. The molecule has 7 heteroatoms. The minimum Gasteiger partial charge on any atom is -0.306 e. The van der Waals surface area contributed by atoms with Gasteiger partial charge in [-0.3, -0.25) is 9.59 Å². The van der Waals surface area contributed by atoms with Crippen LogP contribution in [-0.2, 0) is 20.4 Å². The molecule has 2 unspecified atom stereocenters. The van der Waals surface area contributed by atoms with E-state index in [4.69, 9.17) is 0 Å². The summed E-state index contributed by atoms with van der Waals surface area (Å²) in [6.45, 7) is 28.4. The van der Waals surface area contributed by atoms with E-state index in [0.717, 1.165) is 46.8 Å². The molecule has 0 saturated carbocycles. The Morgan fingerprint density at radius 1 is 0.325 bits per heavy atom. The van der Waals surface area contributed by atoms with E-state index < -0.39 is 0 Å². The van der Waals surface area contributed by atoms with E-state index in [2.05, 4.69) is 115 Å². The Hall–Kier alpha value is -2.48. The molecule has 5 heterocycles. The molecule has 0 spiro atoms. The summed E-state index contributed by atoms with van der Waals surface area (Å²) in [6.07, 6.45) is 52.2. The Labute approximate surface area is 525 Å². The topological polar surface area (TPSA) is 40.6 Å². The smallest absolute Gasteiger partial charge is 0.261 e. The van der Waals surface area contributed by atoms with Crippen molar-refractivity contribution in [2.75, 3.05) is 13.1 Å². The number of fused-ring (bicyclic) bond motifs is 1. The standard InChI is InChI=1S/C74H122N2O2S3.C2H6/c1-11-15-19-23-27-31-33-37-41-45-48-59(47-43-39-35-29-25-21-17-13-3)57-75-69(63-52-51-61(79-63)62-53-55-65(80-62)73(5,6)7)67-68(72(75)78)70(64-54-56-66(81-64)74(8,9)10)76(71(67)77)58-60(49-44-40-36-30-26-22-18-14-4)50-46-42-38-34-32-28-24-20-16-12-2;1-2/h51-56,59-60H,11-50,57-58H2,1-10H3;1-2H3. The maximum Gasteiger partial charge on any atom is 0.261 e. The molecule has 83 heavy (non-hydrogen) atoms. The predicted molar refractivity (Wildman–Crippen MR) is 372 cm³/mol. The highest BCUT2D eigenvalue weighted by molar-refractivity contribution is 7.22. The maximum absolute atomic E-state index is 16.1. The number of nitrogens with zero attached hydrogens (tertiary/aromatic N) is 2. The lowest BCUT2D eigenvalue weighted by atomic mass is 9.93. The lowest BCUT2D eigenvalue weighted by Crippen LogP contribution is -2.34. The normalized spacial score (nSPS) is 14.7. The van der Waals surface area contributed by atoms with Gasteiger partial charge in [0, 0.05) is 32.6 Å². The Kier molecular flexibility index (Phi) is 36.6. The average Bonchev–Trinajstić information content (AvgIpc) is 1.75. The second-order valence-electron chi connectivity index (χ2n) is 27.5. The van der Waals surface area contributed by atoms with Gasteiger partial charge in [0.25, 0.3) is 11.8 Å². The zero-order chi connectivity index (χ0) is 60.3. The summed E-state index contributed by atoms with van der Waals surface area (Å²) in [5.41, 5.74) is 3.21. The first-order valence-corrected chi connectivity index (χ1v) is 38.1. The highest BCUT2D eigenvalue weighted by atomic mass is 32.1. The van der Waals surface area contributed by atoms with Crippen LogP contribution < -0.4 is 0 Å². The second-order valence-corrected chi connectivity index (χ2v) is 30.7. The number of carbonyl (C=O) groups excluding carboxylic acids is 2. The second kappa shape index (κ2) is 41.6. The van der Waals surface area contributed by atoms with Crippen LogP contribution >= 0.6 is 34.0 Å². The molecule has 2 aliphatic heterocycles. The number of hydrogen-bond acceptors (Lipinski definition) is 5. The fourth-order valence-corrected chi connectivity index (χ4v) is 16.1. The van der Waals surface area contributed by atoms with E-state index in [0.29, 0.717) is 36.1 Å². The van der Waals surface area contributed by atoms with Gasteiger partial charge >= 0.3 is 0 Å². The number of rotatable bonds is 47. The molecule has 5 rings (SSSR count). The SMILES string of the molecule is CC.CCCCCCCCCCCCC(CCCCCCCCCC)CN1C(=O)C2=C(c3ccc(C(C)(C)C)s3)N(CC(CCCCCCCCCC)CCCCCCCCCCCC)C(=O)C2=C1c1ccc(-c2ccc(C(C)(C)C)s2)s1. The van der Waals surface area contributed by atoms with E-state index in [1.165, 1.54) is 251 Å². The van der Waals surface area contributed by atoms with Crippen molar-refractivity contribution in [1.82, 2.24) is 9.80 Å². The van der Waals surface area contributed by atoms with Gasteiger partial charge in [-0.1, -0.05) is 314 Å². The first-order chi connectivity index (χ1) is 40.2. The van der Waals surface area contributed by atoms with E-state index in [1.54, 1.807) is 11.3 Å². The van der Waals surface area contributed by atoms with Crippen LogP contribution in [0, 0.1) is 11.8 Å². The van der Waals surface area contributed by atoms with Crippen molar-refractivity contribution >= 4 is 57.2 Å². The van der Waals surface area contributed by atoms with E-state index in [1.807, 2.05) is 36.5 Å². The zero-order valence-electron chi connectivity index (χ0n) is 56.3. The lowest BCUT2D eigenvalue weighted by molar-refractivity contribution is -0.124. The van der Waals surface area contributed by atoms with Crippen molar-refractivity contribution in [3.8, 4) is 9.75 Å². The van der Waals surface area contributed by atoms with Gasteiger partial charge in [0.05, 0.1) is 32.3 Å². The fourth-order valence-electron chi connectivity index (χ4n) is 12.7. The fraction of sp³-hybridized carbons (Fsp3) is 0.763. The van der Waals surface area contributed by atoms with Crippen molar-refractivity contribution in [2.45, 2.75) is 351 Å². The van der Waals surface area contributed by atoms with E-state index in [-0.39, 0.29) is 22.6 Å². The van der Waals surface area contributed by atoms with Gasteiger partial charge in [-0.2, -0.15) is 0 Å². The van der Waals surface area contributed by atoms with Crippen LogP contribution in [0.2, 0.25) is 0 Å². The van der Waals surface area contributed by atoms with Gasteiger partial charge in [-0.05, 0) is 84.7 Å². The lowest BCUT2D eigenvalue weighted by Gasteiger charge is -2.29. The van der Waals surface area contributed by atoms with Crippen LogP contribution in [0.4, 0.5) is 0 Å². The van der Waals surface area contributed by atoms with Crippen LogP contribution in [0.1, 0.15) is 359 Å². The summed E-state index contributed by atoms with van der Waals surface area (Å²) in [5, 5.41) is 0. The zero-order valence-corrected chi connectivity index (χ0v) is 58.7. The van der Waals surface area contributed by atoms with Crippen LogP contribution in [0.25, 0.3) is 21.1 Å². The molecule has 0 bridgehead atoms. The molecule has 2 aliphatic rings. The molecular weight excluding hydrogens is 1070 g/mol. The van der Waals surface area contributed by atoms with Crippen LogP contribution in [0.3, 0.4) is 0 Å². The molecule has 0 saturated heterocycles. The predicted octanol–water partition coefficient (Wildman–Crippen LogP) is 25.9. The van der Waals surface area contributed by atoms with Crippen LogP contribution in [0.5, 0.6) is 0 Å². The molecule has 0 fully saturated rings. The minimum absolute atomic E-state index is 0.0366. The third-order valence-electron chi connectivity index (χ3n) is 17.9. The van der Waals surface area contributed by atoms with E-state index in [9.17, 15) is 0 Å². The molecule has 4 nitrogen and oxygen atoms in total. The Morgan fingerprint density at radius 3 is 0.843 bits per heavy atom. The summed E-state index contributed by atoms with van der Waals surface area (Å²) >= 11 is 5.49. The molecule has 472 valence electrons. The third-order valence-corrected chi connectivity index (χ3v) is 22.2. The maximum atomic E-state index is 16.1. The van der Waals surface area contributed by atoms with Crippen molar-refractivity contribution in [3.05, 3.63) is 67.1 Å². The van der Waals surface area contributed by atoms with Gasteiger partial charge in [-0.25, -0.2) is 0 Å². The molecule has 0 N–H and O–H groups in total. The van der Waals surface area contributed by atoms with Crippen molar-refractivity contribution in [2.24, 2.45) is 11.8 Å². The summed E-state index contributed by atoms with van der Waals surface area (Å²) in [4.78, 5) is 43.8. The highest BCUT2D eigenvalue weighted by Crippen LogP contribution is 2.51. The Balaban J connectivity index is 0.00000731. The number of hydrogen-bond donors (Lipinski definition) is 0. The largest absolute Gasteiger partial charge is 0.306 e. The van der Waals surface area contributed by atoms with Crippen LogP contribution in [0.15, 0.2) is 47.5 Å². The van der Waals surface area contributed by atoms with Crippen molar-refractivity contribution in [1.29, 1.82) is 0 Å². The third kappa shape index (κ3) is 25.6. The van der Waals surface area contributed by atoms with Crippen molar-refractivity contribution < 1.29 is 9.59 Å². The Bertz CT molecular complexity index is 2260. The van der Waals surface area contributed by atoms with Gasteiger partial charge in [0.15, 0.2) is 0 Å². The quantitative estimate of drug-likeness (QED) is 0.0529. The van der Waals surface area contributed by atoms with Gasteiger partial charge in [0.1, 0.15) is 0 Å². The number of thiophene rings is 3. The molecule has 3 aromatic rings. The number of amides is 2. The number of carbonyl (C=O) groups is 2. The van der Waals surface area contributed by atoms with Gasteiger partial charge in [0.2, 0.25) is 0 Å². The summed E-state index contributed by atoms with van der Waals surface area (Å²) in [7, 11) is 0. The first-order valence-electron chi connectivity index (χ1n) is 35.7. The minimum atomic E-state index is -0.0366. The number of unbranched alkanes of at least 4 members (excludes halogenated alkanes) is 32. The average molecular weight is 1200 g/mol. The monoisotopic (exact) mass is 1200 g/mol. The van der Waals surface area contributed by atoms with Gasteiger partial charge < -0.3 is 9.80 Å². The Morgan fingerprint density at radius 2 is 0.554 bits per heavy atom. The molecule has 0 aliphatic carbocycles. The first kappa shape index (κ1) is 73.0. The molecule has 2 atom stereocenters. The molecule has 0 aromatic carbocycles.